The van der Waals surface area contributed by atoms with Crippen molar-refractivity contribution in [1.82, 2.24) is 5.32 Å². The molecule has 0 aromatic heterocycles. The number of ether oxygens (including phenoxy) is 1. The summed E-state index contributed by atoms with van der Waals surface area (Å²) in [5.74, 6) is 0.923. The maximum atomic E-state index is 11.2. The molecular weight excluding hydrogens is 228 g/mol. The lowest BCUT2D eigenvalue weighted by molar-refractivity contribution is -0.120. The van der Waals surface area contributed by atoms with Gasteiger partial charge in [-0.1, -0.05) is 26.0 Å². The van der Waals surface area contributed by atoms with Crippen molar-refractivity contribution in [3.63, 3.8) is 0 Å². The number of nitriles is 1. The predicted octanol–water partition coefficient (Wildman–Crippen LogP) is 2.35. The van der Waals surface area contributed by atoms with E-state index in [0.29, 0.717) is 12.5 Å². The molecule has 0 radical (unpaired) electrons. The molecule has 0 bridgehead atoms. The van der Waals surface area contributed by atoms with Crippen LogP contribution in [0.15, 0.2) is 18.2 Å². The smallest absolute Gasteiger partial charge is 0.234 e. The average Bonchev–Trinajstić information content (AvgIpc) is 2.36. The van der Waals surface area contributed by atoms with Crippen LogP contribution in [0.2, 0.25) is 0 Å². The van der Waals surface area contributed by atoms with Gasteiger partial charge in [0.05, 0.1) is 13.2 Å². The molecule has 1 rings (SSSR count). The molecule has 96 valence electrons. The number of nitrogens with one attached hydrogen (secondary N) is 1. The van der Waals surface area contributed by atoms with Crippen molar-refractivity contribution in [3.05, 3.63) is 29.3 Å². The maximum Gasteiger partial charge on any atom is 0.234 e. The molecule has 1 aromatic rings. The fraction of sp³-hybridized carbons (Fsp3) is 0.429. The number of hydrogen-bond donors (Lipinski definition) is 1. The minimum Gasteiger partial charge on any atom is -0.496 e. The first kappa shape index (κ1) is 14.0. The summed E-state index contributed by atoms with van der Waals surface area (Å²) < 4.78 is 5.31. The van der Waals surface area contributed by atoms with Gasteiger partial charge >= 0.3 is 0 Å². The highest BCUT2D eigenvalue weighted by Gasteiger charge is 2.08. The van der Waals surface area contributed by atoms with Crippen molar-refractivity contribution in [2.24, 2.45) is 0 Å². The number of amides is 1. The number of benzene rings is 1. The minimum absolute atomic E-state index is 0.119. The SMILES string of the molecule is COc1cc(C(C)C)ccc1CNC(=O)CC#N. The normalized spacial score (nSPS) is 9.94. The van der Waals surface area contributed by atoms with Crippen molar-refractivity contribution in [3.8, 4) is 11.8 Å². The second-order valence-corrected chi connectivity index (χ2v) is 4.34. The molecule has 0 atom stereocenters. The van der Waals surface area contributed by atoms with Gasteiger partial charge in [-0.3, -0.25) is 4.79 Å². The van der Waals surface area contributed by atoms with E-state index in [9.17, 15) is 4.79 Å². The molecule has 0 heterocycles. The molecule has 1 aromatic carbocycles. The third-order valence-corrected chi connectivity index (χ3v) is 2.69. The van der Waals surface area contributed by atoms with Gasteiger partial charge in [0.15, 0.2) is 0 Å². The van der Waals surface area contributed by atoms with E-state index in [1.807, 2.05) is 24.3 Å². The second kappa shape index (κ2) is 6.65. The van der Waals surface area contributed by atoms with Gasteiger partial charge in [-0.25, -0.2) is 0 Å². The van der Waals surface area contributed by atoms with Crippen LogP contribution in [0.25, 0.3) is 0 Å². The lowest BCUT2D eigenvalue weighted by Gasteiger charge is -2.13. The van der Waals surface area contributed by atoms with Crippen molar-refractivity contribution in [2.75, 3.05) is 7.11 Å². The Bertz CT molecular complexity index is 461. The Morgan fingerprint density at radius 3 is 2.78 bits per heavy atom. The highest BCUT2D eigenvalue weighted by molar-refractivity contribution is 5.78. The molecule has 0 spiro atoms. The van der Waals surface area contributed by atoms with E-state index < -0.39 is 0 Å². The summed E-state index contributed by atoms with van der Waals surface area (Å²) in [6.07, 6.45) is -0.119. The van der Waals surface area contributed by atoms with Crippen LogP contribution < -0.4 is 10.1 Å². The first-order chi connectivity index (χ1) is 8.58. The van der Waals surface area contributed by atoms with Crippen LogP contribution in [0, 0.1) is 11.3 Å². The quantitative estimate of drug-likeness (QED) is 0.867. The van der Waals surface area contributed by atoms with Crippen LogP contribution >= 0.6 is 0 Å². The molecule has 1 amide bonds. The molecule has 0 aliphatic heterocycles. The summed E-state index contributed by atoms with van der Waals surface area (Å²) in [6.45, 7) is 4.61. The van der Waals surface area contributed by atoms with Gasteiger partial charge in [-0.2, -0.15) is 5.26 Å². The lowest BCUT2D eigenvalue weighted by Crippen LogP contribution is -2.22. The van der Waals surface area contributed by atoms with Crippen molar-refractivity contribution >= 4 is 5.91 Å². The summed E-state index contributed by atoms with van der Waals surface area (Å²) in [7, 11) is 1.61. The van der Waals surface area contributed by atoms with E-state index in [4.69, 9.17) is 10.00 Å². The zero-order valence-corrected chi connectivity index (χ0v) is 11.0. The van der Waals surface area contributed by atoms with Gasteiger partial charge in [0.25, 0.3) is 0 Å². The number of carbonyl (C=O) groups is 1. The number of methoxy groups -OCH3 is 1. The van der Waals surface area contributed by atoms with Crippen LogP contribution in [0.1, 0.15) is 37.3 Å². The highest BCUT2D eigenvalue weighted by Crippen LogP contribution is 2.24. The first-order valence-electron chi connectivity index (χ1n) is 5.89. The van der Waals surface area contributed by atoms with Crippen molar-refractivity contribution in [2.45, 2.75) is 32.7 Å². The predicted molar refractivity (Wildman–Crippen MR) is 69.2 cm³/mol. The third kappa shape index (κ3) is 3.77. The number of rotatable bonds is 5. The zero-order chi connectivity index (χ0) is 13.5. The van der Waals surface area contributed by atoms with Crippen LogP contribution in [0.4, 0.5) is 0 Å². The Morgan fingerprint density at radius 2 is 2.22 bits per heavy atom. The number of carbonyl (C=O) groups excluding carboxylic acids is 1. The Hall–Kier alpha value is -2.02. The van der Waals surface area contributed by atoms with Crippen molar-refractivity contribution < 1.29 is 9.53 Å². The van der Waals surface area contributed by atoms with E-state index in [0.717, 1.165) is 11.3 Å². The van der Waals surface area contributed by atoms with Crippen LogP contribution in [0.5, 0.6) is 5.75 Å². The number of hydrogen-bond acceptors (Lipinski definition) is 3. The summed E-state index contributed by atoms with van der Waals surface area (Å²) in [5.41, 5.74) is 2.10. The van der Waals surface area contributed by atoms with E-state index in [2.05, 4.69) is 19.2 Å². The summed E-state index contributed by atoms with van der Waals surface area (Å²) >= 11 is 0. The molecule has 0 saturated heterocycles. The van der Waals surface area contributed by atoms with Crippen LogP contribution in [-0.2, 0) is 11.3 Å². The Kier molecular flexibility index (Phi) is 5.19. The molecule has 4 nitrogen and oxygen atoms in total. The third-order valence-electron chi connectivity index (χ3n) is 2.69. The van der Waals surface area contributed by atoms with E-state index in [1.54, 1.807) is 7.11 Å². The Morgan fingerprint density at radius 1 is 1.50 bits per heavy atom. The molecule has 0 saturated carbocycles. The van der Waals surface area contributed by atoms with Crippen LogP contribution in [-0.4, -0.2) is 13.0 Å². The van der Waals surface area contributed by atoms with E-state index >= 15 is 0 Å². The van der Waals surface area contributed by atoms with E-state index in [-0.39, 0.29) is 12.3 Å². The second-order valence-electron chi connectivity index (χ2n) is 4.34. The molecule has 0 fully saturated rings. The summed E-state index contributed by atoms with van der Waals surface area (Å²) in [6, 6.07) is 7.77. The maximum absolute atomic E-state index is 11.2. The van der Waals surface area contributed by atoms with Gasteiger partial charge in [0.1, 0.15) is 12.2 Å². The van der Waals surface area contributed by atoms with Gasteiger partial charge in [0.2, 0.25) is 5.91 Å². The fourth-order valence-electron chi connectivity index (χ4n) is 1.59. The minimum atomic E-state index is -0.271. The molecule has 4 heteroatoms. The van der Waals surface area contributed by atoms with Crippen LogP contribution in [0.3, 0.4) is 0 Å². The standard InChI is InChI=1S/C14H18N2O2/c1-10(2)11-4-5-12(13(8-11)18-3)9-16-14(17)6-7-15/h4-5,8,10H,6,9H2,1-3H3,(H,16,17). The highest BCUT2D eigenvalue weighted by atomic mass is 16.5. The lowest BCUT2D eigenvalue weighted by atomic mass is 10.0. The average molecular weight is 246 g/mol. The Balaban J connectivity index is 2.77. The van der Waals surface area contributed by atoms with Gasteiger partial charge in [-0.15, -0.1) is 0 Å². The zero-order valence-electron chi connectivity index (χ0n) is 11.0. The van der Waals surface area contributed by atoms with Gasteiger partial charge in [-0.05, 0) is 17.5 Å². The molecule has 0 aliphatic rings. The molecule has 1 N–H and O–H groups in total. The molecule has 18 heavy (non-hydrogen) atoms. The fourth-order valence-corrected chi connectivity index (χ4v) is 1.59. The van der Waals surface area contributed by atoms with Gasteiger partial charge in [0, 0.05) is 12.1 Å². The number of nitrogens with zero attached hydrogens (tertiary/aromatic N) is 1. The summed E-state index contributed by atoms with van der Waals surface area (Å²) in [5, 5.41) is 11.1. The molecular formula is C14H18N2O2. The molecule has 0 aliphatic carbocycles. The van der Waals surface area contributed by atoms with Gasteiger partial charge < -0.3 is 10.1 Å². The molecule has 0 unspecified atom stereocenters. The van der Waals surface area contributed by atoms with E-state index in [1.165, 1.54) is 5.56 Å². The topological polar surface area (TPSA) is 62.1 Å². The van der Waals surface area contributed by atoms with Crippen molar-refractivity contribution in [1.29, 1.82) is 5.26 Å². The summed E-state index contributed by atoms with van der Waals surface area (Å²) in [4.78, 5) is 11.2. The monoisotopic (exact) mass is 246 g/mol. The first-order valence-corrected chi connectivity index (χ1v) is 5.89. The Labute approximate surface area is 108 Å². The largest absolute Gasteiger partial charge is 0.496 e.